The molecule has 32 nitrogen and oxygen atoms in total. The molecule has 3 aliphatic rings. The van der Waals surface area contributed by atoms with E-state index in [1.807, 2.05) is 16.0 Å². The van der Waals surface area contributed by atoms with Crippen molar-refractivity contribution in [2.75, 3.05) is 26.2 Å². The summed E-state index contributed by atoms with van der Waals surface area (Å²) in [7, 11) is 0. The van der Waals surface area contributed by atoms with Crippen molar-refractivity contribution in [3.8, 4) is 0 Å². The van der Waals surface area contributed by atoms with Gasteiger partial charge in [-0.3, -0.25) is 71.9 Å². The maximum atomic E-state index is 14.7. The van der Waals surface area contributed by atoms with Crippen molar-refractivity contribution in [2.45, 2.75) is 152 Å². The number of carboxylic acid groups (broad SMARTS) is 4. The van der Waals surface area contributed by atoms with Crippen LogP contribution in [-0.4, -0.2) is 212 Å². The van der Waals surface area contributed by atoms with Crippen LogP contribution in [0.15, 0.2) is 0 Å². The minimum Gasteiger partial charge on any atom is -0.481 e. The molecule has 12 unspecified atom stereocenters. The molecule has 0 radical (unpaired) electrons. The lowest BCUT2D eigenvalue weighted by molar-refractivity contribution is -0.149. The molecule has 3 aliphatic heterocycles. The first-order chi connectivity index (χ1) is 35.9. The fourth-order valence-electron chi connectivity index (χ4n) is 8.56. The van der Waals surface area contributed by atoms with E-state index in [1.54, 1.807) is 13.8 Å². The van der Waals surface area contributed by atoms with Crippen molar-refractivity contribution in [2.24, 2.45) is 23.3 Å². The lowest BCUT2D eigenvalue weighted by Crippen LogP contribution is -2.66. The fraction of sp³-hybridized carbons (Fsp3) is 0.667. The van der Waals surface area contributed by atoms with Crippen LogP contribution in [0.4, 0.5) is 0 Å². The first kappa shape index (κ1) is 63.3. The lowest BCUT2D eigenvalue weighted by Gasteiger charge is -2.39. The van der Waals surface area contributed by atoms with E-state index in [9.17, 15) is 92.3 Å². The number of aliphatic carboxylic acids is 4. The summed E-state index contributed by atoms with van der Waals surface area (Å²) in [5.74, 6) is -21.3. The Labute approximate surface area is 440 Å². The Balaban J connectivity index is 2.16. The second-order valence-electron chi connectivity index (χ2n) is 19.3. The molecule has 3 fully saturated rings. The summed E-state index contributed by atoms with van der Waals surface area (Å²) in [5.41, 5.74) is 11.9. The molecule has 0 aromatic carbocycles. The van der Waals surface area contributed by atoms with E-state index in [4.69, 9.17) is 11.5 Å². The summed E-state index contributed by atoms with van der Waals surface area (Å²) in [5, 5.41) is 58.7. The van der Waals surface area contributed by atoms with Gasteiger partial charge in [-0.15, -0.1) is 0 Å². The van der Waals surface area contributed by atoms with Gasteiger partial charge in [0.25, 0.3) is 0 Å². The number of piperidine rings is 1. The van der Waals surface area contributed by atoms with Crippen molar-refractivity contribution in [1.82, 2.24) is 57.7 Å². The van der Waals surface area contributed by atoms with Crippen LogP contribution in [0.5, 0.6) is 0 Å². The number of carbonyl (C=O) groups is 15. The highest BCUT2D eigenvalue weighted by molar-refractivity contribution is 6.01. The van der Waals surface area contributed by atoms with Gasteiger partial charge in [-0.1, -0.05) is 13.8 Å². The maximum absolute atomic E-state index is 14.7. The Hall–Kier alpha value is -8.03. The smallest absolute Gasteiger partial charge is 0.308 e. The molecule has 32 heteroatoms. The quantitative estimate of drug-likeness (QED) is 0.0863. The number of rotatable bonds is 12. The van der Waals surface area contributed by atoms with Crippen LogP contribution in [-0.2, 0) is 71.9 Å². The predicted molar refractivity (Wildman–Crippen MR) is 259 cm³/mol. The van der Waals surface area contributed by atoms with Crippen LogP contribution in [0.25, 0.3) is 0 Å². The molecule has 77 heavy (non-hydrogen) atoms. The van der Waals surface area contributed by atoms with Crippen molar-refractivity contribution < 1.29 is 92.3 Å². The number of fused-ring (bicyclic) bond motifs is 2. The van der Waals surface area contributed by atoms with Gasteiger partial charge >= 0.3 is 23.9 Å². The van der Waals surface area contributed by atoms with Gasteiger partial charge in [0.15, 0.2) is 0 Å². The largest absolute Gasteiger partial charge is 0.481 e. The molecule has 3 rings (SSSR count). The van der Waals surface area contributed by atoms with Crippen LogP contribution < -0.4 is 59.3 Å². The fourth-order valence-corrected chi connectivity index (χ4v) is 8.56. The van der Waals surface area contributed by atoms with Crippen molar-refractivity contribution in [1.29, 1.82) is 0 Å². The zero-order chi connectivity index (χ0) is 58.2. The Morgan fingerprint density at radius 1 is 0.571 bits per heavy atom. The minimum atomic E-state index is -2.11. The van der Waals surface area contributed by atoms with E-state index in [0.717, 1.165) is 11.8 Å². The van der Waals surface area contributed by atoms with Crippen LogP contribution in [0.2, 0.25) is 0 Å². The average molecular weight is 1100 g/mol. The third-order valence-electron chi connectivity index (χ3n) is 12.8. The molecule has 0 aliphatic carbocycles. The number of carbonyl (C=O) groups excluding carboxylic acids is 11. The molecule has 3 saturated heterocycles. The van der Waals surface area contributed by atoms with E-state index in [1.165, 1.54) is 18.7 Å². The summed E-state index contributed by atoms with van der Waals surface area (Å²) in [6, 6.07) is -18.0. The van der Waals surface area contributed by atoms with Crippen LogP contribution in [0.3, 0.4) is 0 Å². The van der Waals surface area contributed by atoms with E-state index < -0.39 is 200 Å². The van der Waals surface area contributed by atoms with E-state index in [-0.39, 0.29) is 45.2 Å². The van der Waals surface area contributed by atoms with E-state index in [2.05, 4.69) is 31.9 Å². The topological polar surface area (TPSA) is 504 Å². The zero-order valence-corrected chi connectivity index (χ0v) is 43.0. The molecule has 0 saturated carbocycles. The highest BCUT2D eigenvalue weighted by Crippen LogP contribution is 2.23. The summed E-state index contributed by atoms with van der Waals surface area (Å²) in [6.45, 7) is 4.46. The molecule has 11 amide bonds. The van der Waals surface area contributed by atoms with Crippen LogP contribution >= 0.6 is 0 Å². The molecule has 0 aromatic rings. The van der Waals surface area contributed by atoms with E-state index in [0.29, 0.717) is 0 Å². The first-order valence-electron chi connectivity index (χ1n) is 24.6. The first-order valence-corrected chi connectivity index (χ1v) is 24.6. The predicted octanol–water partition coefficient (Wildman–Crippen LogP) is -7.51. The number of carboxylic acids is 4. The van der Waals surface area contributed by atoms with Crippen LogP contribution in [0, 0.1) is 11.8 Å². The molecule has 428 valence electrons. The number of amides is 11. The van der Waals surface area contributed by atoms with Gasteiger partial charge in [-0.2, -0.15) is 0 Å². The molecule has 0 aromatic heterocycles. The molecule has 0 bridgehead atoms. The molecule has 3 heterocycles. The SMILES string of the molecule is CC(C)C1NC(=O)C(C(C)N)NC(=O)CNC(=O)C(CC(=O)O)NC(=O)CNC(=O)C(CC(=O)O)NC(=O)C(C(C)C(=O)O)NC(=O)C2CCCCN2C(=O)C(NC(=O)C(N)CC(=O)O)C(C)NC(=O)C2CCCN2C1=O. The van der Waals surface area contributed by atoms with Crippen LogP contribution in [0.1, 0.15) is 86.0 Å². The molecule has 12 atom stereocenters. The number of hydrogen-bond acceptors (Lipinski definition) is 17. The zero-order valence-electron chi connectivity index (χ0n) is 43.0. The Bertz CT molecular complexity index is 2320. The Morgan fingerprint density at radius 2 is 1.05 bits per heavy atom. The summed E-state index contributed by atoms with van der Waals surface area (Å²) in [6.07, 6.45) is -2.51. The van der Waals surface area contributed by atoms with Gasteiger partial charge < -0.3 is 89.5 Å². The van der Waals surface area contributed by atoms with Gasteiger partial charge in [0.05, 0.1) is 50.4 Å². The number of nitrogens with one attached hydrogen (secondary N) is 9. The summed E-state index contributed by atoms with van der Waals surface area (Å²) in [4.78, 5) is 201. The normalized spacial score (nSPS) is 27.7. The highest BCUT2D eigenvalue weighted by Gasteiger charge is 2.45. The van der Waals surface area contributed by atoms with Gasteiger partial charge in [-0.25, -0.2) is 0 Å². The molecular formula is C45H69N13O19. The van der Waals surface area contributed by atoms with Crippen molar-refractivity contribution in [3.05, 3.63) is 0 Å². The average Bonchev–Trinajstić information content (AvgIpc) is 3.85. The van der Waals surface area contributed by atoms with Gasteiger partial charge in [0, 0.05) is 19.1 Å². The molecule has 17 N–H and O–H groups in total. The Morgan fingerprint density at radius 3 is 1.57 bits per heavy atom. The van der Waals surface area contributed by atoms with Gasteiger partial charge in [0.1, 0.15) is 48.3 Å². The third-order valence-corrected chi connectivity index (χ3v) is 12.8. The number of hydrogen-bond donors (Lipinski definition) is 15. The number of nitrogens with two attached hydrogens (primary N) is 2. The molecular weight excluding hydrogens is 1030 g/mol. The van der Waals surface area contributed by atoms with Gasteiger partial charge in [0.2, 0.25) is 65.0 Å². The molecule has 0 spiro atoms. The van der Waals surface area contributed by atoms with E-state index >= 15 is 0 Å². The minimum absolute atomic E-state index is 0.0128. The monoisotopic (exact) mass is 1100 g/mol. The second-order valence-corrected chi connectivity index (χ2v) is 19.3. The third kappa shape index (κ3) is 18.3. The maximum Gasteiger partial charge on any atom is 0.308 e. The van der Waals surface area contributed by atoms with Crippen molar-refractivity contribution >= 4 is 88.9 Å². The highest BCUT2D eigenvalue weighted by atomic mass is 16.4. The lowest BCUT2D eigenvalue weighted by atomic mass is 9.96. The standard InChI is InChI=1S/C45H69N13O19/c1-18(2)32-43(74)58-12-8-10-26(58)39(70)50-21(5)35(56-36(67)22(47)13-29(61)62)44(75)57-11-7-6-9-25(57)40(71)55-33(19(3)45(76)77)41(72)52-24(15-31(65)66)38(69)48-16-27(59)51-23(14-30(63)64)37(68)49-17-28(60)53-34(20(4)46)42(73)54-32/h18-26,32-35H,6-17,46-47H2,1-5H3,(H,48,69)(H,49,68)(H,50,70)(H,51,59)(H,52,72)(H,53,60)(H,54,73)(H,55,71)(H,56,67)(H,61,62)(H,63,64)(H,65,66)(H,76,77). The van der Waals surface area contributed by atoms with Gasteiger partial charge in [-0.05, 0) is 58.8 Å². The summed E-state index contributed by atoms with van der Waals surface area (Å²) >= 11 is 0. The van der Waals surface area contributed by atoms with Crippen molar-refractivity contribution in [3.63, 3.8) is 0 Å². The second kappa shape index (κ2) is 28.8. The Kier molecular flexibility index (Phi) is 23.6. The number of nitrogens with zero attached hydrogens (tertiary/aromatic N) is 2. The summed E-state index contributed by atoms with van der Waals surface area (Å²) < 4.78 is 0.